The molecular formula is C20H15FN4OS. The van der Waals surface area contributed by atoms with E-state index >= 15 is 0 Å². The minimum atomic E-state index is -0.321. The van der Waals surface area contributed by atoms with Crippen LogP contribution in [0.2, 0.25) is 0 Å². The van der Waals surface area contributed by atoms with Crippen LogP contribution in [0.15, 0.2) is 66.3 Å². The van der Waals surface area contributed by atoms with Crippen LogP contribution in [0, 0.1) is 12.7 Å². The van der Waals surface area contributed by atoms with E-state index in [-0.39, 0.29) is 11.7 Å². The average Bonchev–Trinajstić information content (AvgIpc) is 3.31. The highest BCUT2D eigenvalue weighted by atomic mass is 32.1. The van der Waals surface area contributed by atoms with Gasteiger partial charge >= 0.3 is 0 Å². The number of carbonyl (C=O) groups excluding carboxylic acids is 1. The molecule has 0 atom stereocenters. The van der Waals surface area contributed by atoms with Crippen LogP contribution in [0.4, 0.5) is 9.52 Å². The highest BCUT2D eigenvalue weighted by Gasteiger charge is 2.11. The Morgan fingerprint density at radius 3 is 2.70 bits per heavy atom. The molecule has 1 amide bonds. The summed E-state index contributed by atoms with van der Waals surface area (Å²) in [6, 6.07) is 13.3. The quantitative estimate of drug-likeness (QED) is 0.560. The van der Waals surface area contributed by atoms with E-state index in [1.54, 1.807) is 40.5 Å². The van der Waals surface area contributed by atoms with Gasteiger partial charge in [-0.15, -0.1) is 11.3 Å². The molecule has 0 aliphatic rings. The van der Waals surface area contributed by atoms with Crippen molar-refractivity contribution in [2.24, 2.45) is 0 Å². The second-order valence-electron chi connectivity index (χ2n) is 6.01. The Morgan fingerprint density at radius 1 is 1.19 bits per heavy atom. The van der Waals surface area contributed by atoms with Gasteiger partial charge < -0.3 is 0 Å². The van der Waals surface area contributed by atoms with E-state index in [0.717, 1.165) is 11.3 Å². The zero-order valence-corrected chi connectivity index (χ0v) is 15.2. The number of rotatable bonds is 4. The summed E-state index contributed by atoms with van der Waals surface area (Å²) in [5.74, 6) is -0.572. The number of nitrogens with zero attached hydrogens (tertiary/aromatic N) is 3. The molecule has 0 saturated carbocycles. The molecule has 0 radical (unpaired) electrons. The van der Waals surface area contributed by atoms with Gasteiger partial charge in [0.25, 0.3) is 5.91 Å². The molecule has 2 heterocycles. The van der Waals surface area contributed by atoms with Gasteiger partial charge in [-0.2, -0.15) is 5.10 Å². The van der Waals surface area contributed by atoms with Gasteiger partial charge in [0.1, 0.15) is 5.82 Å². The fourth-order valence-corrected chi connectivity index (χ4v) is 3.32. The molecule has 0 spiro atoms. The molecule has 7 heteroatoms. The van der Waals surface area contributed by atoms with Gasteiger partial charge in [0, 0.05) is 22.7 Å². The molecule has 27 heavy (non-hydrogen) atoms. The SMILES string of the molecule is Cc1cnn(-c2ccc(C(=O)Nc3nc(-c4cccc(F)c4)cs3)cc2)c1. The summed E-state index contributed by atoms with van der Waals surface area (Å²) in [5.41, 5.74) is 3.76. The van der Waals surface area contributed by atoms with Crippen molar-refractivity contribution in [3.05, 3.63) is 83.2 Å². The van der Waals surface area contributed by atoms with Crippen molar-refractivity contribution in [2.45, 2.75) is 6.92 Å². The van der Waals surface area contributed by atoms with E-state index < -0.39 is 0 Å². The van der Waals surface area contributed by atoms with E-state index in [9.17, 15) is 9.18 Å². The van der Waals surface area contributed by atoms with E-state index in [1.807, 2.05) is 25.3 Å². The highest BCUT2D eigenvalue weighted by molar-refractivity contribution is 7.14. The molecule has 4 rings (SSSR count). The highest BCUT2D eigenvalue weighted by Crippen LogP contribution is 2.25. The molecule has 2 aromatic carbocycles. The van der Waals surface area contributed by atoms with Gasteiger partial charge in [-0.3, -0.25) is 10.1 Å². The lowest BCUT2D eigenvalue weighted by atomic mass is 10.2. The maximum Gasteiger partial charge on any atom is 0.257 e. The van der Waals surface area contributed by atoms with Gasteiger partial charge in [-0.05, 0) is 48.9 Å². The van der Waals surface area contributed by atoms with E-state index in [0.29, 0.717) is 22.0 Å². The molecule has 0 fully saturated rings. The van der Waals surface area contributed by atoms with Crippen LogP contribution in [0.5, 0.6) is 0 Å². The van der Waals surface area contributed by atoms with Crippen molar-refractivity contribution in [3.8, 4) is 16.9 Å². The zero-order chi connectivity index (χ0) is 18.8. The Bertz CT molecular complexity index is 1100. The van der Waals surface area contributed by atoms with Gasteiger partial charge in [-0.25, -0.2) is 14.1 Å². The molecule has 0 unspecified atom stereocenters. The summed E-state index contributed by atoms with van der Waals surface area (Å²) in [6.45, 7) is 1.97. The summed E-state index contributed by atoms with van der Waals surface area (Å²) in [6.07, 6.45) is 3.69. The van der Waals surface area contributed by atoms with Gasteiger partial charge in [0.05, 0.1) is 17.6 Å². The molecular weight excluding hydrogens is 363 g/mol. The summed E-state index contributed by atoms with van der Waals surface area (Å²) in [4.78, 5) is 16.8. The summed E-state index contributed by atoms with van der Waals surface area (Å²) >= 11 is 1.30. The first-order valence-electron chi connectivity index (χ1n) is 8.23. The standard InChI is InChI=1S/C20H15FN4OS/c1-13-10-22-25(11-13)17-7-5-14(6-8-17)19(26)24-20-23-18(12-27-20)15-3-2-4-16(21)9-15/h2-12H,1H3,(H,23,24,26). The second-order valence-corrected chi connectivity index (χ2v) is 6.87. The lowest BCUT2D eigenvalue weighted by molar-refractivity contribution is 0.102. The lowest BCUT2D eigenvalue weighted by Crippen LogP contribution is -2.11. The normalized spacial score (nSPS) is 10.7. The van der Waals surface area contributed by atoms with Crippen molar-refractivity contribution >= 4 is 22.4 Å². The largest absolute Gasteiger partial charge is 0.298 e. The summed E-state index contributed by atoms with van der Waals surface area (Å²) in [7, 11) is 0. The van der Waals surface area contributed by atoms with Crippen molar-refractivity contribution in [3.63, 3.8) is 0 Å². The van der Waals surface area contributed by atoms with Gasteiger partial charge in [-0.1, -0.05) is 12.1 Å². The van der Waals surface area contributed by atoms with Gasteiger partial charge in [0.15, 0.2) is 5.13 Å². The Balaban J connectivity index is 1.48. The Labute approximate surface area is 159 Å². The average molecular weight is 378 g/mol. The number of hydrogen-bond acceptors (Lipinski definition) is 4. The first-order chi connectivity index (χ1) is 13.1. The molecule has 2 aromatic heterocycles. The van der Waals surface area contributed by atoms with Crippen LogP contribution in [0.3, 0.4) is 0 Å². The Morgan fingerprint density at radius 2 is 2.00 bits per heavy atom. The minimum absolute atomic E-state index is 0.252. The zero-order valence-electron chi connectivity index (χ0n) is 14.4. The van der Waals surface area contributed by atoms with E-state index in [4.69, 9.17) is 0 Å². The van der Waals surface area contributed by atoms with Crippen LogP contribution < -0.4 is 5.32 Å². The molecule has 1 N–H and O–H groups in total. The van der Waals surface area contributed by atoms with Crippen LogP contribution in [-0.2, 0) is 0 Å². The van der Waals surface area contributed by atoms with E-state index in [1.165, 1.54) is 23.5 Å². The number of halogens is 1. The first kappa shape index (κ1) is 17.1. The number of benzene rings is 2. The third kappa shape index (κ3) is 3.78. The van der Waals surface area contributed by atoms with Crippen molar-refractivity contribution in [2.75, 3.05) is 5.32 Å². The van der Waals surface area contributed by atoms with E-state index in [2.05, 4.69) is 15.4 Å². The molecule has 0 aliphatic heterocycles. The Hall–Kier alpha value is -3.32. The van der Waals surface area contributed by atoms with Gasteiger partial charge in [0.2, 0.25) is 0 Å². The number of carbonyl (C=O) groups is 1. The van der Waals surface area contributed by atoms with Crippen molar-refractivity contribution in [1.29, 1.82) is 0 Å². The molecule has 134 valence electrons. The number of amides is 1. The van der Waals surface area contributed by atoms with Crippen LogP contribution in [0.25, 0.3) is 16.9 Å². The smallest absolute Gasteiger partial charge is 0.257 e. The fraction of sp³-hybridized carbons (Fsp3) is 0.0500. The first-order valence-corrected chi connectivity index (χ1v) is 9.11. The molecule has 0 saturated heterocycles. The predicted molar refractivity (Wildman–Crippen MR) is 104 cm³/mol. The Kier molecular flexibility index (Phi) is 4.52. The molecule has 0 bridgehead atoms. The number of thiazole rings is 1. The number of anilines is 1. The predicted octanol–water partition coefficient (Wildman–Crippen LogP) is 4.70. The fourth-order valence-electron chi connectivity index (χ4n) is 2.60. The summed E-state index contributed by atoms with van der Waals surface area (Å²) in [5, 5.41) is 9.27. The number of hydrogen-bond donors (Lipinski definition) is 1. The molecule has 0 aliphatic carbocycles. The molecule has 5 nitrogen and oxygen atoms in total. The second kappa shape index (κ2) is 7.13. The minimum Gasteiger partial charge on any atom is -0.298 e. The monoisotopic (exact) mass is 378 g/mol. The molecule has 4 aromatic rings. The number of aryl methyl sites for hydroxylation is 1. The number of nitrogens with one attached hydrogen (secondary N) is 1. The number of aromatic nitrogens is 3. The maximum absolute atomic E-state index is 13.3. The van der Waals surface area contributed by atoms with Crippen molar-refractivity contribution in [1.82, 2.24) is 14.8 Å². The maximum atomic E-state index is 13.3. The van der Waals surface area contributed by atoms with Crippen molar-refractivity contribution < 1.29 is 9.18 Å². The third-order valence-electron chi connectivity index (χ3n) is 3.95. The van der Waals surface area contributed by atoms with Crippen LogP contribution in [0.1, 0.15) is 15.9 Å². The van der Waals surface area contributed by atoms with Crippen LogP contribution in [-0.4, -0.2) is 20.7 Å². The lowest BCUT2D eigenvalue weighted by Gasteiger charge is -2.04. The van der Waals surface area contributed by atoms with Crippen LogP contribution >= 0.6 is 11.3 Å². The summed E-state index contributed by atoms with van der Waals surface area (Å²) < 4.78 is 15.1. The topological polar surface area (TPSA) is 59.8 Å². The third-order valence-corrected chi connectivity index (χ3v) is 4.71.